The van der Waals surface area contributed by atoms with E-state index in [9.17, 15) is 14.7 Å². The van der Waals surface area contributed by atoms with Crippen molar-refractivity contribution in [2.75, 3.05) is 31.3 Å². The predicted octanol–water partition coefficient (Wildman–Crippen LogP) is 1.86. The highest BCUT2D eigenvalue weighted by molar-refractivity contribution is 7.99. The van der Waals surface area contributed by atoms with Crippen molar-refractivity contribution in [3.05, 3.63) is 0 Å². The number of nitrogens with zero attached hydrogens (tertiary/aromatic N) is 1. The monoisotopic (exact) mass is 303 g/mol. The van der Waals surface area contributed by atoms with Gasteiger partial charge in [-0.05, 0) is 18.6 Å². The van der Waals surface area contributed by atoms with Gasteiger partial charge in [0, 0.05) is 6.54 Å². The lowest BCUT2D eigenvalue weighted by molar-refractivity contribution is -0.144. The molecule has 5 nitrogen and oxygen atoms in total. The predicted molar refractivity (Wildman–Crippen MR) is 80.0 cm³/mol. The van der Waals surface area contributed by atoms with Gasteiger partial charge >= 0.3 is 5.97 Å². The first-order valence-electron chi connectivity index (χ1n) is 7.29. The number of unbranched alkanes of at least 4 members (excludes halogenated alkanes) is 1. The van der Waals surface area contributed by atoms with Gasteiger partial charge in [0.25, 0.3) is 0 Å². The maximum absolute atomic E-state index is 12.3. The Labute approximate surface area is 125 Å². The average molecular weight is 303 g/mol. The number of hydrogen-bond acceptors (Lipinski definition) is 4. The number of ether oxygens (including phenoxy) is 1. The standard InChI is InChI=1S/C14H25NO4S/c1-3-5-7-20-10-13(16)15(6-4-2)12-9-19-8-11(12)14(17)18/h11-12H,3-10H2,1-2H3,(H,17,18). The van der Waals surface area contributed by atoms with Crippen LogP contribution < -0.4 is 0 Å². The first-order valence-corrected chi connectivity index (χ1v) is 8.45. The summed E-state index contributed by atoms with van der Waals surface area (Å²) >= 11 is 1.63. The Balaban J connectivity index is 2.58. The van der Waals surface area contributed by atoms with Crippen LogP contribution in [0, 0.1) is 5.92 Å². The highest BCUT2D eigenvalue weighted by atomic mass is 32.2. The summed E-state index contributed by atoms with van der Waals surface area (Å²) in [6.07, 6.45) is 3.06. The Kier molecular flexibility index (Phi) is 7.99. The summed E-state index contributed by atoms with van der Waals surface area (Å²) in [6, 6.07) is -0.313. The SMILES string of the molecule is CCCCSCC(=O)N(CCC)C1COCC1C(=O)O. The van der Waals surface area contributed by atoms with Gasteiger partial charge in [-0.15, -0.1) is 0 Å². The second-order valence-corrected chi connectivity index (χ2v) is 6.15. The van der Waals surface area contributed by atoms with Gasteiger partial charge < -0.3 is 14.7 Å². The molecule has 2 unspecified atom stereocenters. The molecule has 2 atom stereocenters. The molecule has 0 aliphatic carbocycles. The van der Waals surface area contributed by atoms with E-state index in [1.54, 1.807) is 16.7 Å². The Morgan fingerprint density at radius 2 is 2.05 bits per heavy atom. The highest BCUT2D eigenvalue weighted by Gasteiger charge is 2.39. The van der Waals surface area contributed by atoms with Crippen molar-refractivity contribution >= 4 is 23.6 Å². The molecule has 1 amide bonds. The molecule has 1 N–H and O–H groups in total. The van der Waals surface area contributed by atoms with E-state index in [0.717, 1.165) is 25.0 Å². The van der Waals surface area contributed by atoms with Gasteiger partial charge in [-0.3, -0.25) is 9.59 Å². The number of hydrogen-bond donors (Lipinski definition) is 1. The van der Waals surface area contributed by atoms with Crippen molar-refractivity contribution < 1.29 is 19.4 Å². The minimum Gasteiger partial charge on any atom is -0.481 e. The normalized spacial score (nSPS) is 21.9. The maximum atomic E-state index is 12.3. The quantitative estimate of drug-likeness (QED) is 0.659. The van der Waals surface area contributed by atoms with Gasteiger partial charge in [-0.25, -0.2) is 0 Å². The largest absolute Gasteiger partial charge is 0.481 e. The first kappa shape index (κ1) is 17.3. The maximum Gasteiger partial charge on any atom is 0.311 e. The van der Waals surface area contributed by atoms with Gasteiger partial charge in [-0.1, -0.05) is 20.3 Å². The smallest absolute Gasteiger partial charge is 0.311 e. The summed E-state index contributed by atoms with van der Waals surface area (Å²) < 4.78 is 5.27. The van der Waals surface area contributed by atoms with Crippen molar-refractivity contribution in [2.24, 2.45) is 5.92 Å². The van der Waals surface area contributed by atoms with Crippen LogP contribution >= 0.6 is 11.8 Å². The van der Waals surface area contributed by atoms with E-state index in [2.05, 4.69) is 6.92 Å². The molecule has 6 heteroatoms. The van der Waals surface area contributed by atoms with Crippen molar-refractivity contribution in [3.63, 3.8) is 0 Å². The molecule has 0 aromatic carbocycles. The molecule has 0 spiro atoms. The number of carboxylic acid groups (broad SMARTS) is 1. The lowest BCUT2D eigenvalue weighted by Crippen LogP contribution is -2.47. The minimum atomic E-state index is -0.875. The summed E-state index contributed by atoms with van der Waals surface area (Å²) in [5, 5.41) is 9.21. The van der Waals surface area contributed by atoms with Crippen molar-refractivity contribution in [3.8, 4) is 0 Å². The molecule has 0 aromatic rings. The van der Waals surface area contributed by atoms with E-state index >= 15 is 0 Å². The summed E-state index contributed by atoms with van der Waals surface area (Å²) in [4.78, 5) is 25.2. The third-order valence-electron chi connectivity index (χ3n) is 3.42. The van der Waals surface area contributed by atoms with E-state index in [0.29, 0.717) is 18.9 Å². The molecule has 0 bridgehead atoms. The van der Waals surface area contributed by atoms with E-state index < -0.39 is 11.9 Å². The van der Waals surface area contributed by atoms with E-state index in [-0.39, 0.29) is 18.6 Å². The number of thioether (sulfide) groups is 1. The van der Waals surface area contributed by atoms with Crippen LogP contribution in [0.25, 0.3) is 0 Å². The Morgan fingerprint density at radius 3 is 2.65 bits per heavy atom. The average Bonchev–Trinajstić information content (AvgIpc) is 2.90. The van der Waals surface area contributed by atoms with Gasteiger partial charge in [-0.2, -0.15) is 11.8 Å². The van der Waals surface area contributed by atoms with E-state index in [1.165, 1.54) is 0 Å². The molecule has 0 radical (unpaired) electrons. The molecule has 116 valence electrons. The zero-order chi connectivity index (χ0) is 15.0. The molecule has 1 fully saturated rings. The molecule has 1 aliphatic rings. The Morgan fingerprint density at radius 1 is 1.30 bits per heavy atom. The van der Waals surface area contributed by atoms with E-state index in [4.69, 9.17) is 4.74 Å². The summed E-state index contributed by atoms with van der Waals surface area (Å²) in [5.41, 5.74) is 0. The van der Waals surface area contributed by atoms with Gasteiger partial charge in [0.2, 0.25) is 5.91 Å². The van der Waals surface area contributed by atoms with Crippen LogP contribution in [-0.4, -0.2) is 59.2 Å². The van der Waals surface area contributed by atoms with Crippen molar-refractivity contribution in [1.82, 2.24) is 4.90 Å². The Bertz CT molecular complexity index is 324. The van der Waals surface area contributed by atoms with Crippen molar-refractivity contribution in [2.45, 2.75) is 39.2 Å². The fourth-order valence-corrected chi connectivity index (χ4v) is 3.27. The minimum absolute atomic E-state index is 0.0368. The zero-order valence-corrected chi connectivity index (χ0v) is 13.2. The van der Waals surface area contributed by atoms with Crippen LogP contribution in [0.3, 0.4) is 0 Å². The summed E-state index contributed by atoms with van der Waals surface area (Å²) in [7, 11) is 0. The molecular formula is C14H25NO4S. The molecule has 0 aromatic heterocycles. The van der Waals surface area contributed by atoms with Crippen LogP contribution in [0.15, 0.2) is 0 Å². The number of carbonyl (C=O) groups is 2. The zero-order valence-electron chi connectivity index (χ0n) is 12.3. The fourth-order valence-electron chi connectivity index (χ4n) is 2.29. The molecular weight excluding hydrogens is 278 g/mol. The summed E-state index contributed by atoms with van der Waals surface area (Å²) in [6.45, 7) is 5.26. The number of amides is 1. The molecule has 1 aliphatic heterocycles. The topological polar surface area (TPSA) is 66.8 Å². The van der Waals surface area contributed by atoms with Crippen LogP contribution in [0.1, 0.15) is 33.1 Å². The molecule has 1 heterocycles. The number of carboxylic acids is 1. The van der Waals surface area contributed by atoms with Crippen molar-refractivity contribution in [1.29, 1.82) is 0 Å². The molecule has 1 rings (SSSR count). The van der Waals surface area contributed by atoms with Crippen LogP contribution in [0.4, 0.5) is 0 Å². The van der Waals surface area contributed by atoms with Gasteiger partial charge in [0.05, 0.1) is 25.0 Å². The second-order valence-electron chi connectivity index (χ2n) is 5.04. The van der Waals surface area contributed by atoms with Gasteiger partial charge in [0.15, 0.2) is 0 Å². The lowest BCUT2D eigenvalue weighted by Gasteiger charge is -2.30. The fraction of sp³-hybridized carbons (Fsp3) is 0.857. The molecule has 20 heavy (non-hydrogen) atoms. The molecule has 1 saturated heterocycles. The summed E-state index contributed by atoms with van der Waals surface area (Å²) in [5.74, 6) is -0.0185. The van der Waals surface area contributed by atoms with Crippen LogP contribution in [-0.2, 0) is 14.3 Å². The van der Waals surface area contributed by atoms with Gasteiger partial charge in [0.1, 0.15) is 5.92 Å². The third-order valence-corrected chi connectivity index (χ3v) is 4.45. The number of carbonyl (C=O) groups excluding carboxylic acids is 1. The lowest BCUT2D eigenvalue weighted by atomic mass is 10.0. The van der Waals surface area contributed by atoms with Crippen LogP contribution in [0.5, 0.6) is 0 Å². The number of rotatable bonds is 9. The van der Waals surface area contributed by atoms with E-state index in [1.807, 2.05) is 6.92 Å². The highest BCUT2D eigenvalue weighted by Crippen LogP contribution is 2.21. The number of aliphatic carboxylic acids is 1. The molecule has 0 saturated carbocycles. The Hall–Kier alpha value is -0.750. The second kappa shape index (κ2) is 9.23. The first-order chi connectivity index (χ1) is 9.61. The van der Waals surface area contributed by atoms with Crippen LogP contribution in [0.2, 0.25) is 0 Å². The third kappa shape index (κ3) is 4.98.